The van der Waals surface area contributed by atoms with E-state index in [9.17, 15) is 4.79 Å². The molecular formula is C14H20N2O2S. The van der Waals surface area contributed by atoms with E-state index < -0.39 is 0 Å². The van der Waals surface area contributed by atoms with Crippen LogP contribution in [0.2, 0.25) is 0 Å². The maximum atomic E-state index is 12.4. The maximum Gasteiger partial charge on any atom is 0.233 e. The molecule has 1 amide bonds. The molecule has 0 bridgehead atoms. The molecule has 2 saturated carbocycles. The number of carbonyl (C=O) groups excluding carboxylic acids is 1. The number of nitrogens with zero attached hydrogens (tertiary/aromatic N) is 2. The van der Waals surface area contributed by atoms with Crippen molar-refractivity contribution in [3.63, 3.8) is 0 Å². The smallest absolute Gasteiger partial charge is 0.233 e. The van der Waals surface area contributed by atoms with E-state index in [0.29, 0.717) is 23.7 Å². The summed E-state index contributed by atoms with van der Waals surface area (Å²) in [6.45, 7) is 2.22. The van der Waals surface area contributed by atoms with Gasteiger partial charge in [-0.05, 0) is 38.5 Å². The van der Waals surface area contributed by atoms with Crippen molar-refractivity contribution >= 4 is 17.7 Å². The van der Waals surface area contributed by atoms with Crippen LogP contribution < -0.4 is 0 Å². The quantitative estimate of drug-likeness (QED) is 0.770. The summed E-state index contributed by atoms with van der Waals surface area (Å²) >= 11 is 1.63. The van der Waals surface area contributed by atoms with Crippen LogP contribution in [0.1, 0.15) is 38.3 Å². The van der Waals surface area contributed by atoms with Crippen LogP contribution >= 0.6 is 11.8 Å². The van der Waals surface area contributed by atoms with E-state index in [-0.39, 0.29) is 0 Å². The minimum Gasteiger partial charge on any atom is -0.364 e. The molecular weight excluding hydrogens is 260 g/mol. The molecule has 3 rings (SSSR count). The van der Waals surface area contributed by atoms with Gasteiger partial charge in [-0.2, -0.15) is 0 Å². The molecule has 1 aromatic rings. The average molecular weight is 280 g/mol. The van der Waals surface area contributed by atoms with Crippen molar-refractivity contribution < 1.29 is 9.32 Å². The standard InChI is InChI=1S/C14H20N2O2S/c1-10(11-2-3-11)16(13-4-5-13)14(17)9-19-8-12-6-7-18-15-12/h6-7,10-11,13H,2-5,8-9H2,1H3/t10-/m0/s1. The topological polar surface area (TPSA) is 46.3 Å². The first-order chi connectivity index (χ1) is 9.25. The van der Waals surface area contributed by atoms with Crippen molar-refractivity contribution in [1.29, 1.82) is 0 Å². The van der Waals surface area contributed by atoms with E-state index in [4.69, 9.17) is 4.52 Å². The second-order valence-corrected chi connectivity index (χ2v) is 6.58. The fourth-order valence-electron chi connectivity index (χ4n) is 2.55. The van der Waals surface area contributed by atoms with E-state index in [1.807, 2.05) is 6.07 Å². The molecule has 0 aliphatic heterocycles. The molecule has 2 fully saturated rings. The first-order valence-electron chi connectivity index (χ1n) is 7.04. The van der Waals surface area contributed by atoms with Gasteiger partial charge in [0, 0.05) is 23.9 Å². The van der Waals surface area contributed by atoms with Crippen LogP contribution in [-0.4, -0.2) is 33.8 Å². The van der Waals surface area contributed by atoms with Crippen molar-refractivity contribution in [3.05, 3.63) is 18.0 Å². The van der Waals surface area contributed by atoms with Gasteiger partial charge in [0.05, 0.1) is 11.4 Å². The lowest BCUT2D eigenvalue weighted by atomic mass is 10.2. The molecule has 0 radical (unpaired) electrons. The van der Waals surface area contributed by atoms with E-state index in [2.05, 4.69) is 17.0 Å². The molecule has 0 aromatic carbocycles. The fourth-order valence-corrected chi connectivity index (χ4v) is 3.34. The van der Waals surface area contributed by atoms with Gasteiger partial charge in [-0.1, -0.05) is 5.16 Å². The maximum absolute atomic E-state index is 12.4. The van der Waals surface area contributed by atoms with Gasteiger partial charge in [0.2, 0.25) is 5.91 Å². The number of aromatic nitrogens is 1. The minimum atomic E-state index is 0.301. The highest BCUT2D eigenvalue weighted by molar-refractivity contribution is 7.99. The molecule has 2 aliphatic rings. The zero-order chi connectivity index (χ0) is 13.2. The second kappa shape index (κ2) is 5.57. The highest BCUT2D eigenvalue weighted by Crippen LogP contribution is 2.39. The van der Waals surface area contributed by atoms with Gasteiger partial charge in [-0.3, -0.25) is 4.79 Å². The number of hydrogen-bond donors (Lipinski definition) is 0. The van der Waals surface area contributed by atoms with Gasteiger partial charge >= 0.3 is 0 Å². The second-order valence-electron chi connectivity index (χ2n) is 5.59. The van der Waals surface area contributed by atoms with Crippen LogP contribution in [0.5, 0.6) is 0 Å². The predicted molar refractivity (Wildman–Crippen MR) is 74.7 cm³/mol. The summed E-state index contributed by atoms with van der Waals surface area (Å²) in [4.78, 5) is 14.5. The third kappa shape index (κ3) is 3.32. The fraction of sp³-hybridized carbons (Fsp3) is 0.714. The van der Waals surface area contributed by atoms with Gasteiger partial charge in [-0.15, -0.1) is 11.8 Å². The van der Waals surface area contributed by atoms with Crippen LogP contribution in [0.4, 0.5) is 0 Å². The zero-order valence-corrected chi connectivity index (χ0v) is 12.1. The summed E-state index contributed by atoms with van der Waals surface area (Å²) in [6.07, 6.45) is 6.55. The molecule has 1 atom stereocenters. The van der Waals surface area contributed by atoms with Crippen LogP contribution in [0.15, 0.2) is 16.9 Å². The Morgan fingerprint density at radius 1 is 1.53 bits per heavy atom. The lowest BCUT2D eigenvalue weighted by Crippen LogP contribution is -2.42. The van der Waals surface area contributed by atoms with Crippen LogP contribution in [0.25, 0.3) is 0 Å². The summed E-state index contributed by atoms with van der Waals surface area (Å²) in [7, 11) is 0. The third-order valence-electron chi connectivity index (χ3n) is 3.94. The highest BCUT2D eigenvalue weighted by Gasteiger charge is 2.41. The molecule has 0 saturated heterocycles. The molecule has 2 aliphatic carbocycles. The van der Waals surface area contributed by atoms with Gasteiger partial charge in [0.15, 0.2) is 0 Å². The van der Waals surface area contributed by atoms with E-state index in [0.717, 1.165) is 17.4 Å². The SMILES string of the molecule is C[C@@H](C1CC1)N(C(=O)CSCc1ccon1)C1CC1. The lowest BCUT2D eigenvalue weighted by molar-refractivity contribution is -0.131. The van der Waals surface area contributed by atoms with Crippen molar-refractivity contribution in [2.45, 2.75) is 50.4 Å². The lowest BCUT2D eigenvalue weighted by Gasteiger charge is -2.29. The Balaban J connectivity index is 1.49. The summed E-state index contributed by atoms with van der Waals surface area (Å²) in [6, 6.07) is 2.81. The monoisotopic (exact) mass is 280 g/mol. The average Bonchev–Trinajstić information content (AvgIpc) is 3.30. The normalized spacial score (nSPS) is 20.3. The van der Waals surface area contributed by atoms with Crippen LogP contribution in [-0.2, 0) is 10.5 Å². The van der Waals surface area contributed by atoms with Crippen molar-refractivity contribution in [1.82, 2.24) is 10.1 Å². The minimum absolute atomic E-state index is 0.301. The van der Waals surface area contributed by atoms with Crippen molar-refractivity contribution in [2.24, 2.45) is 5.92 Å². The Bertz CT molecular complexity index is 427. The zero-order valence-electron chi connectivity index (χ0n) is 11.2. The Labute approximate surface area is 117 Å². The summed E-state index contributed by atoms with van der Waals surface area (Å²) in [5.41, 5.74) is 0.908. The Kier molecular flexibility index (Phi) is 3.82. The summed E-state index contributed by atoms with van der Waals surface area (Å²) in [5.74, 6) is 2.36. The van der Waals surface area contributed by atoms with E-state index in [1.54, 1.807) is 18.0 Å². The number of thioether (sulfide) groups is 1. The van der Waals surface area contributed by atoms with Crippen LogP contribution in [0, 0.1) is 5.92 Å². The molecule has 19 heavy (non-hydrogen) atoms. The molecule has 0 unspecified atom stereocenters. The number of hydrogen-bond acceptors (Lipinski definition) is 4. The number of rotatable bonds is 7. The summed E-state index contributed by atoms with van der Waals surface area (Å²) < 4.78 is 4.79. The van der Waals surface area contributed by atoms with Crippen molar-refractivity contribution in [2.75, 3.05) is 5.75 Å². The Morgan fingerprint density at radius 2 is 2.32 bits per heavy atom. The number of amides is 1. The third-order valence-corrected chi connectivity index (χ3v) is 4.89. The largest absolute Gasteiger partial charge is 0.364 e. The van der Waals surface area contributed by atoms with Gasteiger partial charge in [0.1, 0.15) is 6.26 Å². The highest BCUT2D eigenvalue weighted by atomic mass is 32.2. The predicted octanol–water partition coefficient (Wildman–Crippen LogP) is 2.70. The molecule has 1 aromatic heterocycles. The van der Waals surface area contributed by atoms with Gasteiger partial charge < -0.3 is 9.42 Å². The molecule has 5 heteroatoms. The Morgan fingerprint density at radius 3 is 2.89 bits per heavy atom. The molecule has 1 heterocycles. The van der Waals surface area contributed by atoms with Crippen molar-refractivity contribution in [3.8, 4) is 0 Å². The van der Waals surface area contributed by atoms with Crippen LogP contribution in [0.3, 0.4) is 0 Å². The molecule has 0 N–H and O–H groups in total. The van der Waals surface area contributed by atoms with E-state index in [1.165, 1.54) is 25.7 Å². The van der Waals surface area contributed by atoms with E-state index >= 15 is 0 Å². The molecule has 104 valence electrons. The number of carbonyl (C=O) groups is 1. The van der Waals surface area contributed by atoms with Gasteiger partial charge in [-0.25, -0.2) is 0 Å². The first kappa shape index (κ1) is 13.0. The summed E-state index contributed by atoms with van der Waals surface area (Å²) in [5, 5.41) is 3.86. The Hall–Kier alpha value is -0.970. The van der Waals surface area contributed by atoms with Gasteiger partial charge in [0.25, 0.3) is 0 Å². The molecule has 0 spiro atoms. The molecule has 4 nitrogen and oxygen atoms in total. The first-order valence-corrected chi connectivity index (χ1v) is 8.19.